The predicted octanol–water partition coefficient (Wildman–Crippen LogP) is 5.58. The van der Waals surface area contributed by atoms with Crippen LogP contribution in [0.2, 0.25) is 5.02 Å². The van der Waals surface area contributed by atoms with Crippen LogP contribution in [0.3, 0.4) is 0 Å². The summed E-state index contributed by atoms with van der Waals surface area (Å²) in [5.41, 5.74) is 2.32. The van der Waals surface area contributed by atoms with E-state index in [-0.39, 0.29) is 12.8 Å². The number of nitrogens with one attached hydrogen (secondary N) is 1. The molecular weight excluding hydrogens is 572 g/mol. The zero-order valence-corrected chi connectivity index (χ0v) is 26.2. The van der Waals surface area contributed by atoms with Gasteiger partial charge in [-0.25, -0.2) is 4.79 Å². The normalized spacial score (nSPS) is 17.3. The molecule has 3 aromatic rings. The highest BCUT2D eigenvalue weighted by Gasteiger charge is 2.29. The maximum absolute atomic E-state index is 11.1. The van der Waals surface area contributed by atoms with Crippen LogP contribution in [0.15, 0.2) is 59.0 Å². The molecule has 2 N–H and O–H groups in total. The lowest BCUT2D eigenvalue weighted by atomic mass is 10.2. The number of piperazine rings is 1. The highest BCUT2D eigenvalue weighted by atomic mass is 35.5. The van der Waals surface area contributed by atoms with Crippen molar-refractivity contribution in [1.29, 1.82) is 0 Å². The minimum atomic E-state index is -0.881. The van der Waals surface area contributed by atoms with Gasteiger partial charge in [0.05, 0.1) is 16.9 Å². The number of furan rings is 1. The fourth-order valence-electron chi connectivity index (χ4n) is 4.36. The van der Waals surface area contributed by atoms with Crippen molar-refractivity contribution in [2.75, 3.05) is 70.2 Å². The number of likely N-dealkylation sites (N-methyl/N-ethyl adjacent to an activating group) is 2. The van der Waals surface area contributed by atoms with Crippen molar-refractivity contribution >= 4 is 35.2 Å². The van der Waals surface area contributed by atoms with Crippen LogP contribution in [-0.4, -0.2) is 93.4 Å². The summed E-state index contributed by atoms with van der Waals surface area (Å²) in [6, 6.07) is 15.6. The van der Waals surface area contributed by atoms with Gasteiger partial charge in [0.25, 0.3) is 0 Å². The molecule has 10 nitrogen and oxygen atoms in total. The van der Waals surface area contributed by atoms with E-state index in [4.69, 9.17) is 30.6 Å². The topological polar surface area (TPSA) is 108 Å². The standard InChI is InChI=1S/C15H22N4O2.C12H9ClO3.C3H6O.C2H6/c1-17-5-7-19(8-6-17)10-14-16-12-4-3-11(15(20)21)9-13(12)18(14)2;13-9-2-1-3-10(6-9)15-8-12-5-4-11(7-14)16-12;1-2-4-3-1;1-2/h3-4,9,14,16H,5-8,10H2,1-2H3,(H,20,21);1-7H,8H2;1-3H2;1-2H3. The van der Waals surface area contributed by atoms with Gasteiger partial charge < -0.3 is 34.1 Å². The van der Waals surface area contributed by atoms with Crippen LogP contribution < -0.4 is 15.0 Å². The summed E-state index contributed by atoms with van der Waals surface area (Å²) in [5, 5.41) is 13.2. The SMILES string of the molecule is C1COC1.CC.CN1CCN(CC2Nc3ccc(C(=O)O)cc3N2C)CC1.O=Cc1ccc(COc2cccc(Cl)c2)o1. The van der Waals surface area contributed by atoms with Crippen molar-refractivity contribution in [3.05, 3.63) is 76.7 Å². The van der Waals surface area contributed by atoms with Gasteiger partial charge >= 0.3 is 5.97 Å². The molecule has 1 atom stereocenters. The molecular formula is C32H43ClN4O6. The first-order valence-electron chi connectivity index (χ1n) is 14.6. The number of benzene rings is 2. The quantitative estimate of drug-likeness (QED) is 0.328. The van der Waals surface area contributed by atoms with Gasteiger partial charge in [-0.3, -0.25) is 9.69 Å². The maximum Gasteiger partial charge on any atom is 0.335 e. The van der Waals surface area contributed by atoms with Crippen LogP contribution in [-0.2, 0) is 11.3 Å². The van der Waals surface area contributed by atoms with E-state index in [1.807, 2.05) is 27.0 Å². The second-order valence-corrected chi connectivity index (χ2v) is 10.5. The third-order valence-electron chi connectivity index (χ3n) is 6.99. The maximum atomic E-state index is 11.1. The van der Waals surface area contributed by atoms with E-state index in [0.29, 0.717) is 34.1 Å². The number of aromatic carboxylic acids is 1. The Morgan fingerprint density at radius 1 is 1.07 bits per heavy atom. The Morgan fingerprint density at radius 2 is 1.77 bits per heavy atom. The van der Waals surface area contributed by atoms with Gasteiger partial charge in [0.1, 0.15) is 24.3 Å². The summed E-state index contributed by atoms with van der Waals surface area (Å²) < 4.78 is 15.3. The lowest BCUT2D eigenvalue weighted by molar-refractivity contribution is 0.0367. The van der Waals surface area contributed by atoms with Gasteiger partial charge in [0, 0.05) is 58.0 Å². The molecule has 4 heterocycles. The van der Waals surface area contributed by atoms with Crippen molar-refractivity contribution in [2.45, 2.75) is 33.0 Å². The van der Waals surface area contributed by atoms with E-state index in [0.717, 1.165) is 57.3 Å². The lowest BCUT2D eigenvalue weighted by Gasteiger charge is -2.35. The first-order valence-corrected chi connectivity index (χ1v) is 15.0. The second kappa shape index (κ2) is 17.5. The average Bonchev–Trinajstić information content (AvgIpc) is 3.57. The molecule has 0 aliphatic carbocycles. The predicted molar refractivity (Wildman–Crippen MR) is 170 cm³/mol. The van der Waals surface area contributed by atoms with Crippen LogP contribution in [0.1, 0.15) is 46.9 Å². The number of carboxylic acid groups (broad SMARTS) is 1. The molecule has 11 heteroatoms. The van der Waals surface area contributed by atoms with Crippen LogP contribution >= 0.6 is 11.6 Å². The van der Waals surface area contributed by atoms with Crippen molar-refractivity contribution in [3.8, 4) is 5.75 Å². The molecule has 1 aromatic heterocycles. The van der Waals surface area contributed by atoms with Crippen molar-refractivity contribution < 1.29 is 28.6 Å². The van der Waals surface area contributed by atoms with Gasteiger partial charge in [0.15, 0.2) is 12.0 Å². The molecule has 43 heavy (non-hydrogen) atoms. The molecule has 3 aliphatic rings. The summed E-state index contributed by atoms with van der Waals surface area (Å²) >= 11 is 5.80. The monoisotopic (exact) mass is 614 g/mol. The number of hydrogen-bond acceptors (Lipinski definition) is 9. The van der Waals surface area contributed by atoms with Crippen LogP contribution in [0.4, 0.5) is 11.4 Å². The van der Waals surface area contributed by atoms with Crippen LogP contribution in [0.25, 0.3) is 0 Å². The Balaban J connectivity index is 0.000000203. The van der Waals surface area contributed by atoms with Crippen molar-refractivity contribution in [2.24, 2.45) is 0 Å². The van der Waals surface area contributed by atoms with Gasteiger partial charge in [0.2, 0.25) is 0 Å². The number of carbonyl (C=O) groups is 2. The van der Waals surface area contributed by atoms with Crippen molar-refractivity contribution in [3.63, 3.8) is 0 Å². The first kappa shape index (κ1) is 33.9. The highest BCUT2D eigenvalue weighted by molar-refractivity contribution is 6.30. The molecule has 0 amide bonds. The Kier molecular flexibility index (Phi) is 13.8. The van der Waals surface area contributed by atoms with E-state index in [1.165, 1.54) is 6.42 Å². The largest absolute Gasteiger partial charge is 0.486 e. The fourth-order valence-corrected chi connectivity index (χ4v) is 4.54. The molecule has 2 saturated heterocycles. The third-order valence-corrected chi connectivity index (χ3v) is 7.23. The highest BCUT2D eigenvalue weighted by Crippen LogP contribution is 2.34. The molecule has 6 rings (SSSR count). The number of anilines is 2. The zero-order valence-electron chi connectivity index (χ0n) is 25.4. The molecule has 3 aliphatic heterocycles. The summed E-state index contributed by atoms with van der Waals surface area (Å²) in [6.07, 6.45) is 2.13. The number of nitrogens with zero attached hydrogens (tertiary/aromatic N) is 3. The van der Waals surface area contributed by atoms with E-state index in [9.17, 15) is 9.59 Å². The smallest absolute Gasteiger partial charge is 0.335 e. The lowest BCUT2D eigenvalue weighted by Crippen LogP contribution is -2.50. The number of ether oxygens (including phenoxy) is 2. The minimum absolute atomic E-state index is 0.201. The molecule has 0 radical (unpaired) electrons. The fraction of sp³-hybridized carbons (Fsp3) is 0.438. The Hall–Kier alpha value is -3.57. The third kappa shape index (κ3) is 10.6. The Bertz CT molecular complexity index is 1290. The summed E-state index contributed by atoms with van der Waals surface area (Å²) in [4.78, 5) is 28.4. The summed E-state index contributed by atoms with van der Waals surface area (Å²) in [7, 11) is 4.17. The summed E-state index contributed by atoms with van der Waals surface area (Å²) in [5.74, 6) is 0.678. The molecule has 0 spiro atoms. The molecule has 2 fully saturated rings. The zero-order chi connectivity index (χ0) is 31.2. The van der Waals surface area contributed by atoms with E-state index >= 15 is 0 Å². The van der Waals surface area contributed by atoms with Gasteiger partial charge in [-0.1, -0.05) is 31.5 Å². The number of rotatable bonds is 7. The first-order chi connectivity index (χ1) is 20.8. The number of fused-ring (bicyclic) bond motifs is 1. The molecule has 0 saturated carbocycles. The van der Waals surface area contributed by atoms with E-state index in [2.05, 4.69) is 27.1 Å². The molecule has 0 bridgehead atoms. The summed E-state index contributed by atoms with van der Waals surface area (Å²) in [6.45, 7) is 11.6. The second-order valence-electron chi connectivity index (χ2n) is 10.0. The average molecular weight is 615 g/mol. The van der Waals surface area contributed by atoms with E-state index < -0.39 is 5.97 Å². The number of carbonyl (C=O) groups excluding carboxylic acids is 1. The van der Waals surface area contributed by atoms with Crippen molar-refractivity contribution in [1.82, 2.24) is 9.80 Å². The number of hydrogen-bond donors (Lipinski definition) is 2. The van der Waals surface area contributed by atoms with Crippen LogP contribution in [0, 0.1) is 0 Å². The number of carboxylic acids is 1. The molecule has 234 valence electrons. The molecule has 2 aromatic carbocycles. The van der Waals surface area contributed by atoms with Gasteiger partial charge in [-0.2, -0.15) is 0 Å². The minimum Gasteiger partial charge on any atom is -0.486 e. The number of aldehydes is 1. The van der Waals surface area contributed by atoms with E-state index in [1.54, 1.807) is 48.5 Å². The Morgan fingerprint density at radius 3 is 2.35 bits per heavy atom. The molecule has 1 unspecified atom stereocenters. The van der Waals surface area contributed by atoms with Gasteiger partial charge in [-0.15, -0.1) is 0 Å². The van der Waals surface area contributed by atoms with Gasteiger partial charge in [-0.05, 0) is 62.0 Å². The number of halogens is 1. The van der Waals surface area contributed by atoms with Crippen LogP contribution in [0.5, 0.6) is 5.75 Å². The Labute approximate surface area is 259 Å².